The molecule has 3 nitrogen and oxygen atoms in total. The van der Waals surface area contributed by atoms with Gasteiger partial charge >= 0.3 is 0 Å². The number of aromatic nitrogens is 2. The zero-order valence-corrected chi connectivity index (χ0v) is 11.7. The Kier molecular flexibility index (Phi) is 2.76. The van der Waals surface area contributed by atoms with Crippen LogP contribution in [-0.4, -0.2) is 22.1 Å². The molecule has 3 fully saturated rings. The highest BCUT2D eigenvalue weighted by Crippen LogP contribution is 2.42. The van der Waals surface area contributed by atoms with E-state index in [0.717, 1.165) is 11.9 Å². The van der Waals surface area contributed by atoms with Crippen LogP contribution in [0.15, 0.2) is 24.0 Å². The van der Waals surface area contributed by atoms with E-state index in [1.54, 1.807) is 18.0 Å². The number of hydrogen-bond acceptors (Lipinski definition) is 3. The molecule has 0 aromatic carbocycles. The van der Waals surface area contributed by atoms with Gasteiger partial charge in [0.05, 0.1) is 17.4 Å². The molecule has 0 spiro atoms. The van der Waals surface area contributed by atoms with E-state index in [2.05, 4.69) is 20.9 Å². The van der Waals surface area contributed by atoms with Gasteiger partial charge in [0.25, 0.3) is 0 Å². The maximum absolute atomic E-state index is 5.87. The van der Waals surface area contributed by atoms with Crippen LogP contribution >= 0.6 is 11.6 Å². The standard InChI is InChI=1S/C15H18ClN3/c16-12-8-17-15(18-9-12)19-13-3-4-14(19)7-11(6-13)5-10-1-2-10/h5,8-10,13-14H,1-4,6-7H2. The lowest BCUT2D eigenvalue weighted by Crippen LogP contribution is -2.41. The molecule has 1 aromatic rings. The molecule has 0 radical (unpaired) electrons. The van der Waals surface area contributed by atoms with Crippen LogP contribution < -0.4 is 4.90 Å². The number of halogens is 1. The number of nitrogens with zero attached hydrogens (tertiary/aromatic N) is 3. The number of anilines is 1. The van der Waals surface area contributed by atoms with Crippen molar-refractivity contribution in [3.8, 4) is 0 Å². The van der Waals surface area contributed by atoms with E-state index in [1.807, 2.05) is 0 Å². The number of fused-ring (bicyclic) bond motifs is 2. The van der Waals surface area contributed by atoms with Crippen molar-refractivity contribution in [3.63, 3.8) is 0 Å². The second-order valence-electron chi connectivity index (χ2n) is 6.06. The van der Waals surface area contributed by atoms with Crippen molar-refractivity contribution >= 4 is 17.5 Å². The van der Waals surface area contributed by atoms with Gasteiger partial charge in [-0.3, -0.25) is 0 Å². The predicted molar refractivity (Wildman–Crippen MR) is 76.4 cm³/mol. The van der Waals surface area contributed by atoms with E-state index in [-0.39, 0.29) is 0 Å². The molecule has 2 unspecified atom stereocenters. The third-order valence-corrected chi connectivity index (χ3v) is 4.74. The van der Waals surface area contributed by atoms with Gasteiger partial charge in [-0.25, -0.2) is 9.97 Å². The minimum atomic E-state index is 0.602. The summed E-state index contributed by atoms with van der Waals surface area (Å²) in [4.78, 5) is 11.2. The normalized spacial score (nSPS) is 29.7. The molecule has 1 aromatic heterocycles. The zero-order chi connectivity index (χ0) is 12.8. The lowest BCUT2D eigenvalue weighted by molar-refractivity contribution is 0.535. The number of piperidine rings is 1. The lowest BCUT2D eigenvalue weighted by atomic mass is 9.96. The summed E-state index contributed by atoms with van der Waals surface area (Å²) in [6, 6.07) is 1.20. The SMILES string of the molecule is Clc1cnc(N2C3CCC2CC(=CC2CC2)C3)nc1. The third kappa shape index (κ3) is 2.25. The molecular formula is C15H18ClN3. The summed E-state index contributed by atoms with van der Waals surface area (Å²) >= 11 is 5.87. The molecule has 4 heteroatoms. The maximum Gasteiger partial charge on any atom is 0.225 e. The van der Waals surface area contributed by atoms with Crippen molar-refractivity contribution in [2.45, 2.75) is 50.6 Å². The molecule has 2 saturated heterocycles. The molecule has 2 bridgehead atoms. The van der Waals surface area contributed by atoms with Crippen LogP contribution in [0.25, 0.3) is 0 Å². The van der Waals surface area contributed by atoms with Gasteiger partial charge in [0.15, 0.2) is 0 Å². The summed E-state index contributed by atoms with van der Waals surface area (Å²) in [5, 5.41) is 0.613. The first-order chi connectivity index (χ1) is 9.29. The Labute approximate surface area is 118 Å². The first-order valence-electron chi connectivity index (χ1n) is 7.25. The number of allylic oxidation sites excluding steroid dienone is 1. The maximum atomic E-state index is 5.87. The van der Waals surface area contributed by atoms with Gasteiger partial charge in [-0.2, -0.15) is 0 Å². The van der Waals surface area contributed by atoms with Gasteiger partial charge in [-0.15, -0.1) is 0 Å². The quantitative estimate of drug-likeness (QED) is 0.772. The van der Waals surface area contributed by atoms with Crippen molar-refractivity contribution < 1.29 is 0 Å². The monoisotopic (exact) mass is 275 g/mol. The molecule has 1 saturated carbocycles. The number of rotatable bonds is 2. The summed E-state index contributed by atoms with van der Waals surface area (Å²) in [7, 11) is 0. The van der Waals surface area contributed by atoms with Gasteiger partial charge < -0.3 is 4.90 Å². The fourth-order valence-electron chi connectivity index (χ4n) is 3.55. The molecule has 1 aliphatic carbocycles. The van der Waals surface area contributed by atoms with E-state index < -0.39 is 0 Å². The van der Waals surface area contributed by atoms with Crippen LogP contribution in [0.3, 0.4) is 0 Å². The Morgan fingerprint density at radius 1 is 1.05 bits per heavy atom. The average molecular weight is 276 g/mol. The molecule has 2 atom stereocenters. The van der Waals surface area contributed by atoms with Crippen molar-refractivity contribution in [1.82, 2.24) is 9.97 Å². The van der Waals surface area contributed by atoms with Gasteiger partial charge in [0, 0.05) is 12.1 Å². The molecule has 4 rings (SSSR count). The van der Waals surface area contributed by atoms with Gasteiger partial charge in [0.2, 0.25) is 5.95 Å². The molecule has 3 heterocycles. The molecule has 3 aliphatic rings. The molecule has 0 N–H and O–H groups in total. The van der Waals surface area contributed by atoms with Crippen LogP contribution in [0.5, 0.6) is 0 Å². The lowest BCUT2D eigenvalue weighted by Gasteiger charge is -2.36. The van der Waals surface area contributed by atoms with E-state index in [9.17, 15) is 0 Å². The Bertz CT molecular complexity index is 491. The largest absolute Gasteiger partial charge is 0.334 e. The fraction of sp³-hybridized carbons (Fsp3) is 0.600. The first kappa shape index (κ1) is 11.7. The first-order valence-corrected chi connectivity index (χ1v) is 7.63. The van der Waals surface area contributed by atoms with Crippen LogP contribution in [0.4, 0.5) is 5.95 Å². The average Bonchev–Trinajstić information content (AvgIpc) is 3.17. The Hall–Kier alpha value is -1.09. The highest BCUT2D eigenvalue weighted by atomic mass is 35.5. The van der Waals surface area contributed by atoms with Gasteiger partial charge in [-0.1, -0.05) is 23.3 Å². The second kappa shape index (κ2) is 4.48. The summed E-state index contributed by atoms with van der Waals surface area (Å²) in [6.45, 7) is 0. The molecule has 2 aliphatic heterocycles. The van der Waals surface area contributed by atoms with E-state index in [0.29, 0.717) is 17.1 Å². The second-order valence-corrected chi connectivity index (χ2v) is 6.50. The molecule has 100 valence electrons. The minimum absolute atomic E-state index is 0.602. The summed E-state index contributed by atoms with van der Waals surface area (Å²) in [5.41, 5.74) is 1.68. The number of hydrogen-bond donors (Lipinski definition) is 0. The van der Waals surface area contributed by atoms with E-state index >= 15 is 0 Å². The van der Waals surface area contributed by atoms with Crippen molar-refractivity contribution in [3.05, 3.63) is 29.1 Å². The minimum Gasteiger partial charge on any atom is -0.334 e. The highest BCUT2D eigenvalue weighted by molar-refractivity contribution is 6.30. The topological polar surface area (TPSA) is 29.0 Å². The predicted octanol–water partition coefficient (Wildman–Crippen LogP) is 3.60. The molecular weight excluding hydrogens is 258 g/mol. The van der Waals surface area contributed by atoms with E-state index in [4.69, 9.17) is 11.6 Å². The summed E-state index contributed by atoms with van der Waals surface area (Å²) in [5.74, 6) is 1.76. The zero-order valence-electron chi connectivity index (χ0n) is 10.9. The third-order valence-electron chi connectivity index (χ3n) is 4.55. The van der Waals surface area contributed by atoms with Crippen LogP contribution in [-0.2, 0) is 0 Å². The van der Waals surface area contributed by atoms with Crippen molar-refractivity contribution in [2.24, 2.45) is 5.92 Å². The van der Waals surface area contributed by atoms with Gasteiger partial charge in [-0.05, 0) is 44.4 Å². The smallest absolute Gasteiger partial charge is 0.225 e. The fourth-order valence-corrected chi connectivity index (χ4v) is 3.65. The summed E-state index contributed by atoms with van der Waals surface area (Å²) in [6.07, 6.45) is 13.7. The van der Waals surface area contributed by atoms with Gasteiger partial charge in [0.1, 0.15) is 0 Å². The molecule has 0 amide bonds. The summed E-state index contributed by atoms with van der Waals surface area (Å²) < 4.78 is 0. The Morgan fingerprint density at radius 2 is 1.68 bits per heavy atom. The van der Waals surface area contributed by atoms with Crippen LogP contribution in [0.2, 0.25) is 5.02 Å². The van der Waals surface area contributed by atoms with Crippen LogP contribution in [0, 0.1) is 5.92 Å². The molecule has 19 heavy (non-hydrogen) atoms. The van der Waals surface area contributed by atoms with Crippen molar-refractivity contribution in [1.29, 1.82) is 0 Å². The Morgan fingerprint density at radius 3 is 2.26 bits per heavy atom. The van der Waals surface area contributed by atoms with Crippen LogP contribution in [0.1, 0.15) is 38.5 Å². The van der Waals surface area contributed by atoms with E-state index in [1.165, 1.54) is 38.5 Å². The Balaban J connectivity index is 1.57. The van der Waals surface area contributed by atoms with Crippen molar-refractivity contribution in [2.75, 3.05) is 4.90 Å². The highest BCUT2D eigenvalue weighted by Gasteiger charge is 2.40.